The van der Waals surface area contributed by atoms with Crippen LogP contribution in [-0.2, 0) is 4.79 Å². The number of nitrogens with zero attached hydrogens (tertiary/aromatic N) is 4. The van der Waals surface area contributed by atoms with Gasteiger partial charge in [-0.25, -0.2) is 0 Å². The number of thioether (sulfide) groups is 1. The number of carboxylic acid groups (broad SMARTS) is 1. The number of aromatic nitrogens is 4. The first-order valence-electron chi connectivity index (χ1n) is 6.44. The third-order valence-electron chi connectivity index (χ3n) is 2.83. The maximum absolute atomic E-state index is 10.8. The molecule has 1 aromatic carbocycles. The van der Waals surface area contributed by atoms with E-state index in [1.165, 1.54) is 0 Å². The molecule has 3 rings (SSSR count). The number of carboxylic acids is 1. The predicted molar refractivity (Wildman–Crippen MR) is 80.0 cm³/mol. The molecule has 0 radical (unpaired) electrons. The summed E-state index contributed by atoms with van der Waals surface area (Å²) in [6.07, 6.45) is 0. The van der Waals surface area contributed by atoms with E-state index < -0.39 is 5.97 Å². The number of benzene rings is 1. The molecule has 0 aliphatic carbocycles. The lowest BCUT2D eigenvalue weighted by Gasteiger charge is -2.07. The molecular weight excluding hydrogens is 304 g/mol. The predicted octanol–water partition coefficient (Wildman–Crippen LogP) is 2.41. The smallest absolute Gasteiger partial charge is 0.313 e. The first kappa shape index (κ1) is 14.3. The van der Waals surface area contributed by atoms with Gasteiger partial charge in [0, 0.05) is 11.8 Å². The molecule has 0 fully saturated rings. The second-order valence-electron chi connectivity index (χ2n) is 4.48. The third-order valence-corrected chi connectivity index (χ3v) is 3.74. The van der Waals surface area contributed by atoms with Crippen molar-refractivity contribution in [1.82, 2.24) is 19.9 Å². The summed E-state index contributed by atoms with van der Waals surface area (Å²) >= 11 is 1.10. The zero-order valence-corrected chi connectivity index (χ0v) is 12.4. The molecule has 1 N–H and O–H groups in total. The summed E-state index contributed by atoms with van der Waals surface area (Å²) in [6, 6.07) is 11.2. The van der Waals surface area contributed by atoms with E-state index in [0.717, 1.165) is 17.4 Å². The Bertz CT molecular complexity index is 798. The molecule has 0 unspecified atom stereocenters. The Kier molecular flexibility index (Phi) is 3.92. The number of aliphatic carboxylic acids is 1. The fraction of sp³-hybridized carbons (Fsp3) is 0.143. The largest absolute Gasteiger partial charge is 0.481 e. The van der Waals surface area contributed by atoms with Gasteiger partial charge < -0.3 is 9.63 Å². The summed E-state index contributed by atoms with van der Waals surface area (Å²) in [4.78, 5) is 10.8. The summed E-state index contributed by atoms with van der Waals surface area (Å²) in [7, 11) is 0. The molecule has 2 heterocycles. The second kappa shape index (κ2) is 6.02. The van der Waals surface area contributed by atoms with Gasteiger partial charge in [-0.2, -0.15) is 0 Å². The van der Waals surface area contributed by atoms with Crippen LogP contribution in [0.3, 0.4) is 0 Å². The van der Waals surface area contributed by atoms with Crippen molar-refractivity contribution in [3.63, 3.8) is 0 Å². The fourth-order valence-corrected chi connectivity index (χ4v) is 2.61. The summed E-state index contributed by atoms with van der Waals surface area (Å²) < 4.78 is 6.85. The van der Waals surface area contributed by atoms with Gasteiger partial charge in [-0.3, -0.25) is 9.36 Å². The molecule has 8 heteroatoms. The number of rotatable bonds is 5. The first-order valence-corrected chi connectivity index (χ1v) is 7.43. The van der Waals surface area contributed by atoms with E-state index in [0.29, 0.717) is 22.4 Å². The van der Waals surface area contributed by atoms with Gasteiger partial charge in [-0.15, -0.1) is 10.2 Å². The van der Waals surface area contributed by atoms with Crippen molar-refractivity contribution in [2.75, 3.05) is 5.75 Å². The molecule has 0 aliphatic heterocycles. The fourth-order valence-electron chi connectivity index (χ4n) is 1.94. The number of para-hydroxylation sites is 1. The summed E-state index contributed by atoms with van der Waals surface area (Å²) in [5, 5.41) is 21.5. The number of aryl methyl sites for hydroxylation is 1. The Balaban J connectivity index is 2.09. The third kappa shape index (κ3) is 2.86. The van der Waals surface area contributed by atoms with Crippen LogP contribution in [0.25, 0.3) is 17.2 Å². The van der Waals surface area contributed by atoms with E-state index in [9.17, 15) is 4.79 Å². The van der Waals surface area contributed by atoms with Crippen molar-refractivity contribution in [3.8, 4) is 17.2 Å². The molecule has 3 aromatic rings. The Labute approximate surface area is 130 Å². The van der Waals surface area contributed by atoms with Crippen LogP contribution < -0.4 is 0 Å². The standard InChI is InChI=1S/C14H12N4O3S/c1-9-7-11(17-21-9)13-15-16-14(22-8-12(19)20)18(13)10-5-3-2-4-6-10/h2-7H,8H2,1H3,(H,19,20). The molecule has 112 valence electrons. The lowest BCUT2D eigenvalue weighted by Crippen LogP contribution is -2.03. The van der Waals surface area contributed by atoms with Crippen LogP contribution in [0, 0.1) is 6.92 Å². The minimum Gasteiger partial charge on any atom is -0.481 e. The van der Waals surface area contributed by atoms with Gasteiger partial charge in [-0.1, -0.05) is 35.1 Å². The second-order valence-corrected chi connectivity index (χ2v) is 5.42. The normalized spacial score (nSPS) is 10.8. The van der Waals surface area contributed by atoms with Gasteiger partial charge >= 0.3 is 5.97 Å². The van der Waals surface area contributed by atoms with Crippen LogP contribution in [0.1, 0.15) is 5.76 Å². The Hall–Kier alpha value is -2.61. The highest BCUT2D eigenvalue weighted by Gasteiger charge is 2.19. The summed E-state index contributed by atoms with van der Waals surface area (Å²) in [5.74, 6) is 0.169. The molecule has 0 spiro atoms. The molecule has 0 aliphatic rings. The molecule has 0 amide bonds. The summed E-state index contributed by atoms with van der Waals surface area (Å²) in [6.45, 7) is 1.79. The van der Waals surface area contributed by atoms with Gasteiger partial charge in [0.25, 0.3) is 0 Å². The van der Waals surface area contributed by atoms with Crippen LogP contribution in [-0.4, -0.2) is 36.7 Å². The molecule has 0 saturated carbocycles. The van der Waals surface area contributed by atoms with Crippen LogP contribution in [0.5, 0.6) is 0 Å². The zero-order valence-electron chi connectivity index (χ0n) is 11.6. The Morgan fingerprint density at radius 2 is 2.09 bits per heavy atom. The van der Waals surface area contributed by atoms with Crippen molar-refractivity contribution in [2.24, 2.45) is 0 Å². The highest BCUT2D eigenvalue weighted by molar-refractivity contribution is 7.99. The molecule has 22 heavy (non-hydrogen) atoms. The van der Waals surface area contributed by atoms with Gasteiger partial charge in [-0.05, 0) is 19.1 Å². The van der Waals surface area contributed by atoms with Gasteiger partial charge in [0.15, 0.2) is 16.7 Å². The van der Waals surface area contributed by atoms with Crippen LogP contribution >= 0.6 is 11.8 Å². The topological polar surface area (TPSA) is 94.0 Å². The van der Waals surface area contributed by atoms with E-state index >= 15 is 0 Å². The lowest BCUT2D eigenvalue weighted by molar-refractivity contribution is -0.133. The minimum atomic E-state index is -0.911. The van der Waals surface area contributed by atoms with Crippen molar-refractivity contribution >= 4 is 17.7 Å². The van der Waals surface area contributed by atoms with Crippen LogP contribution in [0.2, 0.25) is 0 Å². The van der Waals surface area contributed by atoms with Crippen LogP contribution in [0.4, 0.5) is 0 Å². The summed E-state index contributed by atoms with van der Waals surface area (Å²) in [5.41, 5.74) is 1.38. The van der Waals surface area contributed by atoms with E-state index in [-0.39, 0.29) is 5.75 Å². The van der Waals surface area contributed by atoms with Gasteiger partial charge in [0.05, 0.1) is 5.75 Å². The van der Waals surface area contributed by atoms with Crippen LogP contribution in [0.15, 0.2) is 46.1 Å². The van der Waals surface area contributed by atoms with E-state index in [1.807, 2.05) is 30.3 Å². The average molecular weight is 316 g/mol. The number of hydrogen-bond acceptors (Lipinski definition) is 6. The lowest BCUT2D eigenvalue weighted by atomic mass is 10.3. The highest BCUT2D eigenvalue weighted by atomic mass is 32.2. The van der Waals surface area contributed by atoms with Crippen molar-refractivity contribution in [1.29, 1.82) is 0 Å². The van der Waals surface area contributed by atoms with Gasteiger partial charge in [0.2, 0.25) is 0 Å². The maximum Gasteiger partial charge on any atom is 0.313 e. The molecule has 2 aromatic heterocycles. The minimum absolute atomic E-state index is 0.0944. The zero-order chi connectivity index (χ0) is 15.5. The molecule has 0 atom stereocenters. The molecule has 0 saturated heterocycles. The molecule has 0 bridgehead atoms. The maximum atomic E-state index is 10.8. The highest BCUT2D eigenvalue weighted by Crippen LogP contribution is 2.27. The SMILES string of the molecule is Cc1cc(-c2nnc(SCC(=O)O)n2-c2ccccc2)no1. The first-order chi connectivity index (χ1) is 10.6. The molecular formula is C14H12N4O3S. The van der Waals surface area contributed by atoms with Gasteiger partial charge in [0.1, 0.15) is 5.76 Å². The monoisotopic (exact) mass is 316 g/mol. The Morgan fingerprint density at radius 3 is 2.73 bits per heavy atom. The Morgan fingerprint density at radius 1 is 1.32 bits per heavy atom. The average Bonchev–Trinajstić information content (AvgIpc) is 3.12. The van der Waals surface area contributed by atoms with E-state index in [4.69, 9.17) is 9.63 Å². The quantitative estimate of drug-likeness (QED) is 0.722. The van der Waals surface area contributed by atoms with Crippen molar-refractivity contribution < 1.29 is 14.4 Å². The van der Waals surface area contributed by atoms with Crippen molar-refractivity contribution in [2.45, 2.75) is 12.1 Å². The number of hydrogen-bond donors (Lipinski definition) is 1. The molecule has 7 nitrogen and oxygen atoms in total. The number of carbonyl (C=O) groups is 1. The van der Waals surface area contributed by atoms with E-state index in [1.54, 1.807) is 17.6 Å². The van der Waals surface area contributed by atoms with Crippen molar-refractivity contribution in [3.05, 3.63) is 42.2 Å². The van der Waals surface area contributed by atoms with E-state index in [2.05, 4.69) is 15.4 Å².